The molecular weight excluding hydrogens is 212 g/mol. The predicted molar refractivity (Wildman–Crippen MR) is 69.4 cm³/mol. The largest absolute Gasteiger partial charge is 0.488 e. The standard InChI is InChI=1S/C15H22O2/c1-15(2,3)11-7-9-12(10-8-11)17-14-6-4-5-13(14)16/h7-10,13-14,16H,4-6H2,1-3H3/t13-,14-/m0/s1. The van der Waals surface area contributed by atoms with Crippen LogP contribution in [0.1, 0.15) is 45.6 Å². The van der Waals surface area contributed by atoms with Crippen molar-refractivity contribution in [2.24, 2.45) is 0 Å². The number of ether oxygens (including phenoxy) is 1. The highest BCUT2D eigenvalue weighted by molar-refractivity contribution is 5.31. The zero-order valence-electron chi connectivity index (χ0n) is 10.9. The van der Waals surface area contributed by atoms with E-state index in [1.807, 2.05) is 12.1 Å². The van der Waals surface area contributed by atoms with E-state index in [0.29, 0.717) is 0 Å². The first-order valence-electron chi connectivity index (χ1n) is 6.42. The summed E-state index contributed by atoms with van der Waals surface area (Å²) >= 11 is 0. The van der Waals surface area contributed by atoms with Crippen molar-refractivity contribution in [3.8, 4) is 5.75 Å². The van der Waals surface area contributed by atoms with E-state index < -0.39 is 0 Å². The lowest BCUT2D eigenvalue weighted by molar-refractivity contribution is 0.0604. The fourth-order valence-corrected chi connectivity index (χ4v) is 2.25. The van der Waals surface area contributed by atoms with Crippen LogP contribution in [0.25, 0.3) is 0 Å². The van der Waals surface area contributed by atoms with E-state index in [9.17, 15) is 5.11 Å². The lowest BCUT2D eigenvalue weighted by atomic mass is 9.87. The van der Waals surface area contributed by atoms with Crippen LogP contribution in [0.2, 0.25) is 0 Å². The Bertz CT molecular complexity index is 362. The third kappa shape index (κ3) is 3.01. The SMILES string of the molecule is CC(C)(C)c1ccc(O[C@H]2CCC[C@@H]2O)cc1. The number of hydrogen-bond acceptors (Lipinski definition) is 2. The van der Waals surface area contributed by atoms with E-state index in [1.54, 1.807) is 0 Å². The maximum Gasteiger partial charge on any atom is 0.124 e. The van der Waals surface area contributed by atoms with Crippen LogP contribution in [-0.2, 0) is 5.41 Å². The molecule has 0 saturated heterocycles. The van der Waals surface area contributed by atoms with Crippen molar-refractivity contribution in [2.45, 2.75) is 57.7 Å². The topological polar surface area (TPSA) is 29.5 Å². The molecule has 0 aliphatic heterocycles. The molecule has 1 aliphatic rings. The van der Waals surface area contributed by atoms with Crippen molar-refractivity contribution in [3.63, 3.8) is 0 Å². The van der Waals surface area contributed by atoms with Crippen LogP contribution < -0.4 is 4.74 Å². The molecule has 1 fully saturated rings. The van der Waals surface area contributed by atoms with Crippen LogP contribution >= 0.6 is 0 Å². The highest BCUT2D eigenvalue weighted by atomic mass is 16.5. The minimum atomic E-state index is -0.294. The molecule has 0 heterocycles. The second-order valence-electron chi connectivity index (χ2n) is 5.93. The zero-order chi connectivity index (χ0) is 12.5. The van der Waals surface area contributed by atoms with Crippen molar-refractivity contribution in [1.82, 2.24) is 0 Å². The van der Waals surface area contributed by atoms with Gasteiger partial charge in [-0.1, -0.05) is 32.9 Å². The molecule has 2 atom stereocenters. The van der Waals surface area contributed by atoms with Gasteiger partial charge in [-0.2, -0.15) is 0 Å². The van der Waals surface area contributed by atoms with Crippen molar-refractivity contribution in [3.05, 3.63) is 29.8 Å². The molecule has 0 spiro atoms. The quantitative estimate of drug-likeness (QED) is 0.851. The first kappa shape index (κ1) is 12.4. The molecule has 1 aliphatic carbocycles. The Kier molecular flexibility index (Phi) is 3.43. The van der Waals surface area contributed by atoms with E-state index >= 15 is 0 Å². The summed E-state index contributed by atoms with van der Waals surface area (Å²) in [5.74, 6) is 0.865. The molecule has 2 heteroatoms. The van der Waals surface area contributed by atoms with Gasteiger partial charge in [-0.15, -0.1) is 0 Å². The summed E-state index contributed by atoms with van der Waals surface area (Å²) in [4.78, 5) is 0. The molecule has 2 rings (SSSR count). The molecule has 0 aromatic heterocycles. The van der Waals surface area contributed by atoms with Crippen LogP contribution in [-0.4, -0.2) is 17.3 Å². The van der Waals surface area contributed by atoms with Gasteiger partial charge >= 0.3 is 0 Å². The Balaban J connectivity index is 2.03. The van der Waals surface area contributed by atoms with Gasteiger partial charge in [0.1, 0.15) is 11.9 Å². The Morgan fingerprint density at radius 2 is 1.76 bits per heavy atom. The number of hydrogen-bond donors (Lipinski definition) is 1. The molecule has 0 radical (unpaired) electrons. The van der Waals surface area contributed by atoms with Crippen LogP contribution in [0.3, 0.4) is 0 Å². The molecular formula is C15H22O2. The lowest BCUT2D eigenvalue weighted by Gasteiger charge is -2.21. The number of aliphatic hydroxyl groups excluding tert-OH is 1. The van der Waals surface area contributed by atoms with Crippen LogP contribution in [0.4, 0.5) is 0 Å². The average molecular weight is 234 g/mol. The molecule has 17 heavy (non-hydrogen) atoms. The summed E-state index contributed by atoms with van der Waals surface area (Å²) < 4.78 is 5.81. The van der Waals surface area contributed by atoms with Gasteiger partial charge in [0.25, 0.3) is 0 Å². The predicted octanol–water partition coefficient (Wildman–Crippen LogP) is 3.28. The highest BCUT2D eigenvalue weighted by Gasteiger charge is 2.26. The van der Waals surface area contributed by atoms with E-state index in [0.717, 1.165) is 25.0 Å². The molecule has 0 bridgehead atoms. The summed E-state index contributed by atoms with van der Waals surface area (Å²) in [6.45, 7) is 6.59. The van der Waals surface area contributed by atoms with Gasteiger partial charge in [0.2, 0.25) is 0 Å². The van der Waals surface area contributed by atoms with Gasteiger partial charge in [-0.25, -0.2) is 0 Å². The summed E-state index contributed by atoms with van der Waals surface area (Å²) in [6.07, 6.45) is 2.58. The Morgan fingerprint density at radius 1 is 1.12 bits per heavy atom. The molecule has 94 valence electrons. The number of rotatable bonds is 2. The lowest BCUT2D eigenvalue weighted by Crippen LogP contribution is -2.25. The van der Waals surface area contributed by atoms with Crippen molar-refractivity contribution in [2.75, 3.05) is 0 Å². The Hall–Kier alpha value is -1.02. The molecule has 1 aromatic rings. The maximum absolute atomic E-state index is 9.71. The van der Waals surface area contributed by atoms with E-state index in [1.165, 1.54) is 5.56 Å². The van der Waals surface area contributed by atoms with Gasteiger partial charge in [0.15, 0.2) is 0 Å². The van der Waals surface area contributed by atoms with Crippen LogP contribution in [0, 0.1) is 0 Å². The number of aliphatic hydroxyl groups is 1. The second kappa shape index (κ2) is 4.69. The number of benzene rings is 1. The summed E-state index contributed by atoms with van der Waals surface area (Å²) in [5.41, 5.74) is 1.47. The first-order valence-corrected chi connectivity index (χ1v) is 6.42. The zero-order valence-corrected chi connectivity index (χ0v) is 10.9. The van der Waals surface area contributed by atoms with Crippen molar-refractivity contribution in [1.29, 1.82) is 0 Å². The summed E-state index contributed by atoms with van der Waals surface area (Å²) in [5, 5.41) is 9.71. The minimum absolute atomic E-state index is 0.0181. The normalized spacial score (nSPS) is 24.9. The molecule has 1 saturated carbocycles. The third-order valence-electron chi connectivity index (χ3n) is 3.43. The van der Waals surface area contributed by atoms with Gasteiger partial charge in [-0.3, -0.25) is 0 Å². The maximum atomic E-state index is 9.71. The molecule has 0 unspecified atom stereocenters. The van der Waals surface area contributed by atoms with Crippen molar-refractivity contribution >= 4 is 0 Å². The third-order valence-corrected chi connectivity index (χ3v) is 3.43. The molecule has 1 aromatic carbocycles. The van der Waals surface area contributed by atoms with E-state index in [4.69, 9.17) is 4.74 Å². The average Bonchev–Trinajstić information content (AvgIpc) is 2.64. The Morgan fingerprint density at radius 3 is 2.24 bits per heavy atom. The minimum Gasteiger partial charge on any atom is -0.488 e. The molecule has 1 N–H and O–H groups in total. The highest BCUT2D eigenvalue weighted by Crippen LogP contribution is 2.27. The monoisotopic (exact) mass is 234 g/mol. The van der Waals surface area contributed by atoms with Crippen LogP contribution in [0.5, 0.6) is 5.75 Å². The second-order valence-corrected chi connectivity index (χ2v) is 5.93. The Labute approximate surface area is 104 Å². The van der Waals surface area contributed by atoms with Crippen LogP contribution in [0.15, 0.2) is 24.3 Å². The summed E-state index contributed by atoms with van der Waals surface area (Å²) in [7, 11) is 0. The van der Waals surface area contributed by atoms with Crippen molar-refractivity contribution < 1.29 is 9.84 Å². The van der Waals surface area contributed by atoms with Gasteiger partial charge in [-0.05, 0) is 42.4 Å². The fraction of sp³-hybridized carbons (Fsp3) is 0.600. The van der Waals surface area contributed by atoms with E-state index in [2.05, 4.69) is 32.9 Å². The van der Waals surface area contributed by atoms with Gasteiger partial charge < -0.3 is 9.84 Å². The van der Waals surface area contributed by atoms with Gasteiger partial charge in [0, 0.05) is 0 Å². The summed E-state index contributed by atoms with van der Waals surface area (Å²) in [6, 6.07) is 8.23. The van der Waals surface area contributed by atoms with Gasteiger partial charge in [0.05, 0.1) is 6.10 Å². The van der Waals surface area contributed by atoms with E-state index in [-0.39, 0.29) is 17.6 Å². The first-order chi connectivity index (χ1) is 7.97. The smallest absolute Gasteiger partial charge is 0.124 e. The molecule has 0 amide bonds. The molecule has 2 nitrogen and oxygen atoms in total. The fourth-order valence-electron chi connectivity index (χ4n) is 2.25.